The third kappa shape index (κ3) is 4.48. The van der Waals surface area contributed by atoms with Crippen LogP contribution in [-0.2, 0) is 9.53 Å². The summed E-state index contributed by atoms with van der Waals surface area (Å²) in [5.74, 6) is 2.19. The highest BCUT2D eigenvalue weighted by Gasteiger charge is 2.71. The number of benzene rings is 1. The molecule has 1 aromatic rings. The van der Waals surface area contributed by atoms with Gasteiger partial charge in [-0.1, -0.05) is 58.9 Å². The highest BCUT2D eigenvalue weighted by molar-refractivity contribution is 6.00. The van der Waals surface area contributed by atoms with Crippen LogP contribution in [0.25, 0.3) is 0 Å². The minimum Gasteiger partial charge on any atom is -0.461 e. The minimum absolute atomic E-state index is 0.0341. The maximum absolute atomic E-state index is 13.5. The lowest BCUT2D eigenvalue weighted by Crippen LogP contribution is -2.66. The van der Waals surface area contributed by atoms with Gasteiger partial charge in [-0.15, -0.1) is 0 Å². The van der Waals surface area contributed by atoms with Gasteiger partial charge >= 0.3 is 5.97 Å². The largest absolute Gasteiger partial charge is 0.461 e. The minimum atomic E-state index is -0.349. The lowest BCUT2D eigenvalue weighted by atomic mass is 9.32. The van der Waals surface area contributed by atoms with Crippen LogP contribution in [0, 0.1) is 56.7 Å². The molecule has 2 N–H and O–H groups in total. The van der Waals surface area contributed by atoms with E-state index < -0.39 is 0 Å². The Bertz CT molecular complexity index is 1330. The van der Waals surface area contributed by atoms with Crippen molar-refractivity contribution in [2.75, 3.05) is 11.9 Å². The van der Waals surface area contributed by atoms with Crippen LogP contribution in [0.3, 0.4) is 0 Å². The van der Waals surface area contributed by atoms with Gasteiger partial charge in [0, 0.05) is 12.3 Å². The van der Waals surface area contributed by atoms with Gasteiger partial charge in [0.15, 0.2) is 0 Å². The molecule has 5 aliphatic rings. The SMILES string of the molecule is C=C(C)[C@@H]1CC[C@]2(COC(=O)c3ccccc3NC(C)=O)CC[C@]3(C)[C@H](CC[C@@H]4[C@@]5(C)CC[C@H](O)C(C)(C)[C@@H]5CC[C@]43C)[C@@H]12. The third-order valence-corrected chi connectivity index (χ3v) is 15.2. The third-order valence-electron chi connectivity index (χ3n) is 15.2. The van der Waals surface area contributed by atoms with E-state index in [9.17, 15) is 14.7 Å². The number of carbonyl (C=O) groups is 2. The fraction of sp³-hybridized carbons (Fsp3) is 0.744. The van der Waals surface area contributed by atoms with Gasteiger partial charge in [-0.05, 0) is 135 Å². The van der Waals surface area contributed by atoms with Crippen LogP contribution in [0.4, 0.5) is 5.69 Å². The van der Waals surface area contributed by atoms with E-state index in [2.05, 4.69) is 53.4 Å². The molecule has 1 amide bonds. The van der Waals surface area contributed by atoms with Gasteiger partial charge in [0.05, 0.1) is 24.0 Å². The van der Waals surface area contributed by atoms with E-state index in [1.807, 2.05) is 12.1 Å². The number of anilines is 1. The van der Waals surface area contributed by atoms with E-state index in [0.717, 1.165) is 32.1 Å². The fourth-order valence-corrected chi connectivity index (χ4v) is 12.8. The van der Waals surface area contributed by atoms with Gasteiger partial charge in [0.25, 0.3) is 0 Å². The Labute approximate surface area is 266 Å². The summed E-state index contributed by atoms with van der Waals surface area (Å²) >= 11 is 0. The number of hydrogen-bond acceptors (Lipinski definition) is 4. The Kier molecular flexibility index (Phi) is 7.75. The number of aliphatic hydroxyl groups excluding tert-OH is 1. The van der Waals surface area contributed by atoms with Crippen molar-refractivity contribution in [1.29, 1.82) is 0 Å². The average Bonchev–Trinajstić information content (AvgIpc) is 3.35. The molecule has 0 saturated heterocycles. The van der Waals surface area contributed by atoms with Crippen molar-refractivity contribution in [2.45, 2.75) is 119 Å². The number of ether oxygens (including phenoxy) is 1. The molecule has 6 rings (SSSR count). The molecule has 0 unspecified atom stereocenters. The first-order valence-electron chi connectivity index (χ1n) is 17.5. The quantitative estimate of drug-likeness (QED) is 0.260. The van der Waals surface area contributed by atoms with Gasteiger partial charge in [-0.2, -0.15) is 0 Å². The standard InChI is InChI=1S/C39H57NO4/c1-24(2)26-15-20-39(23-44-34(43)27-11-9-10-12-29(27)40-25(3)41)22-21-37(7)28(33(26)39)13-14-31-36(6)18-17-32(42)35(4,5)30(36)16-19-38(31,37)8/h9-12,26,28,30-33,42H,1,13-23H2,2-8H3,(H,40,41)/t26-,28+,30-,31+,32-,33+,36-,37+,38+,39+/m0/s1. The highest BCUT2D eigenvalue weighted by atomic mass is 16.5. The molecule has 5 fully saturated rings. The summed E-state index contributed by atoms with van der Waals surface area (Å²) in [4.78, 5) is 25.3. The molecule has 0 aromatic heterocycles. The van der Waals surface area contributed by atoms with Crippen LogP contribution in [0.15, 0.2) is 36.4 Å². The summed E-state index contributed by atoms with van der Waals surface area (Å²) in [5, 5.41) is 13.9. The second-order valence-electron chi connectivity index (χ2n) is 17.2. The number of allylic oxidation sites excluding steroid dienone is 1. The van der Waals surface area contributed by atoms with Gasteiger partial charge in [0.1, 0.15) is 0 Å². The van der Waals surface area contributed by atoms with Gasteiger partial charge in [-0.3, -0.25) is 4.79 Å². The van der Waals surface area contributed by atoms with Crippen molar-refractivity contribution in [3.05, 3.63) is 42.0 Å². The van der Waals surface area contributed by atoms with Crippen LogP contribution in [0.1, 0.15) is 123 Å². The van der Waals surface area contributed by atoms with Crippen molar-refractivity contribution < 1.29 is 19.4 Å². The number of carbonyl (C=O) groups excluding carboxylic acids is 2. The first-order chi connectivity index (χ1) is 20.6. The van der Waals surface area contributed by atoms with Crippen LogP contribution in [-0.4, -0.2) is 29.7 Å². The number of fused-ring (bicyclic) bond motifs is 7. The Morgan fingerprint density at radius 2 is 1.61 bits per heavy atom. The van der Waals surface area contributed by atoms with Crippen molar-refractivity contribution in [2.24, 2.45) is 56.7 Å². The van der Waals surface area contributed by atoms with E-state index in [-0.39, 0.29) is 45.1 Å². The summed E-state index contributed by atoms with van der Waals surface area (Å²) in [6.07, 6.45) is 11.3. The lowest BCUT2D eigenvalue weighted by Gasteiger charge is -2.73. The predicted octanol–water partition coefficient (Wildman–Crippen LogP) is 8.82. The second-order valence-corrected chi connectivity index (χ2v) is 17.2. The van der Waals surface area contributed by atoms with E-state index in [1.54, 1.807) is 12.1 Å². The number of nitrogens with one attached hydrogen (secondary N) is 1. The molecule has 44 heavy (non-hydrogen) atoms. The Morgan fingerprint density at radius 3 is 2.32 bits per heavy atom. The number of hydrogen-bond donors (Lipinski definition) is 2. The first-order valence-corrected chi connectivity index (χ1v) is 17.5. The van der Waals surface area contributed by atoms with E-state index in [4.69, 9.17) is 4.74 Å². The second kappa shape index (κ2) is 10.7. The summed E-state index contributed by atoms with van der Waals surface area (Å²) in [5.41, 5.74) is 2.88. The molecule has 0 spiro atoms. The summed E-state index contributed by atoms with van der Waals surface area (Å²) < 4.78 is 6.24. The molecule has 5 heteroatoms. The zero-order valence-corrected chi connectivity index (χ0v) is 28.4. The maximum atomic E-state index is 13.5. The number of aliphatic hydroxyl groups is 1. The Morgan fingerprint density at radius 1 is 0.886 bits per heavy atom. The number of para-hydroxylation sites is 1. The van der Waals surface area contributed by atoms with Crippen LogP contribution in [0.5, 0.6) is 0 Å². The molecule has 0 heterocycles. The lowest BCUT2D eigenvalue weighted by molar-refractivity contribution is -0.249. The molecule has 0 radical (unpaired) electrons. The van der Waals surface area contributed by atoms with Crippen LogP contribution >= 0.6 is 0 Å². The smallest absolute Gasteiger partial charge is 0.340 e. The summed E-state index contributed by atoms with van der Waals surface area (Å²) in [6, 6.07) is 7.16. The molecular weight excluding hydrogens is 546 g/mol. The maximum Gasteiger partial charge on any atom is 0.340 e. The number of rotatable bonds is 5. The van der Waals surface area contributed by atoms with Crippen molar-refractivity contribution in [3.63, 3.8) is 0 Å². The average molecular weight is 604 g/mol. The van der Waals surface area contributed by atoms with E-state index >= 15 is 0 Å². The zero-order valence-electron chi connectivity index (χ0n) is 28.4. The van der Waals surface area contributed by atoms with E-state index in [1.165, 1.54) is 44.6 Å². The highest BCUT2D eigenvalue weighted by Crippen LogP contribution is 2.77. The molecule has 1 aromatic carbocycles. The van der Waals surface area contributed by atoms with Crippen molar-refractivity contribution in [1.82, 2.24) is 0 Å². The Balaban J connectivity index is 1.30. The molecule has 242 valence electrons. The molecule has 0 aliphatic heterocycles. The van der Waals surface area contributed by atoms with Gasteiger partial charge in [0.2, 0.25) is 5.91 Å². The van der Waals surface area contributed by atoms with Crippen molar-refractivity contribution >= 4 is 17.6 Å². The topological polar surface area (TPSA) is 75.6 Å². The predicted molar refractivity (Wildman–Crippen MR) is 176 cm³/mol. The molecule has 0 bridgehead atoms. The van der Waals surface area contributed by atoms with Gasteiger partial charge < -0.3 is 15.2 Å². The van der Waals surface area contributed by atoms with Crippen molar-refractivity contribution in [3.8, 4) is 0 Å². The molecule has 5 saturated carbocycles. The van der Waals surface area contributed by atoms with Crippen LogP contribution in [0.2, 0.25) is 0 Å². The fourth-order valence-electron chi connectivity index (χ4n) is 12.8. The number of esters is 1. The summed E-state index contributed by atoms with van der Waals surface area (Å²) in [6.45, 7) is 21.2. The zero-order chi connectivity index (χ0) is 31.9. The first kappa shape index (κ1) is 31.8. The van der Waals surface area contributed by atoms with Crippen LogP contribution < -0.4 is 5.32 Å². The molecular formula is C39H57NO4. The number of amides is 1. The monoisotopic (exact) mass is 603 g/mol. The van der Waals surface area contributed by atoms with E-state index in [0.29, 0.717) is 47.4 Å². The summed E-state index contributed by atoms with van der Waals surface area (Å²) in [7, 11) is 0. The molecule has 10 atom stereocenters. The normalized spacial score (nSPS) is 43.9. The molecule has 5 aliphatic carbocycles. The Hall–Kier alpha value is -2.14. The van der Waals surface area contributed by atoms with Gasteiger partial charge in [-0.25, -0.2) is 4.79 Å². The molecule has 5 nitrogen and oxygen atoms in total.